The molecule has 3 nitrogen and oxygen atoms in total. The van der Waals surface area contributed by atoms with E-state index in [-0.39, 0.29) is 5.92 Å². The first-order valence-corrected chi connectivity index (χ1v) is 5.66. The van der Waals surface area contributed by atoms with Crippen LogP contribution in [0.4, 0.5) is 0 Å². The smallest absolute Gasteiger partial charge is 0.147 e. The summed E-state index contributed by atoms with van der Waals surface area (Å²) >= 11 is 0. The van der Waals surface area contributed by atoms with Gasteiger partial charge in [0, 0.05) is 0 Å². The number of aryl methyl sites for hydroxylation is 1. The molecule has 0 aliphatic carbocycles. The van der Waals surface area contributed by atoms with E-state index in [1.165, 1.54) is 0 Å². The van der Waals surface area contributed by atoms with Gasteiger partial charge in [-0.2, -0.15) is 10.5 Å². The molecule has 1 aromatic carbocycles. The number of benzene rings is 1. The molecule has 0 fully saturated rings. The zero-order chi connectivity index (χ0) is 13.0. The zero-order valence-corrected chi connectivity index (χ0v) is 10.00. The molecule has 1 heterocycles. The van der Waals surface area contributed by atoms with Crippen LogP contribution in [0.3, 0.4) is 0 Å². The maximum Gasteiger partial charge on any atom is 0.147 e. The van der Waals surface area contributed by atoms with Gasteiger partial charge in [0.15, 0.2) is 0 Å². The van der Waals surface area contributed by atoms with Crippen molar-refractivity contribution in [2.75, 3.05) is 0 Å². The van der Waals surface area contributed by atoms with Gasteiger partial charge in [0.2, 0.25) is 0 Å². The van der Waals surface area contributed by atoms with Crippen LogP contribution in [0.25, 0.3) is 0 Å². The summed E-state index contributed by atoms with van der Waals surface area (Å²) in [5, 5.41) is 18.2. The SMILES string of the molecule is Cc1ccc(C(c2ccccc2)C(C#N)C#N)o1. The molecule has 0 amide bonds. The molecule has 0 spiro atoms. The lowest BCUT2D eigenvalue weighted by atomic mass is 9.86. The van der Waals surface area contributed by atoms with Gasteiger partial charge in [0.1, 0.15) is 17.4 Å². The fourth-order valence-corrected chi connectivity index (χ4v) is 1.98. The first-order chi connectivity index (χ1) is 8.76. The largest absolute Gasteiger partial charge is 0.466 e. The Morgan fingerprint density at radius 2 is 1.67 bits per heavy atom. The molecule has 88 valence electrons. The van der Waals surface area contributed by atoms with E-state index in [4.69, 9.17) is 14.9 Å². The second-order valence-corrected chi connectivity index (χ2v) is 4.07. The third-order valence-corrected chi connectivity index (χ3v) is 2.84. The van der Waals surface area contributed by atoms with Crippen molar-refractivity contribution < 1.29 is 4.42 Å². The average molecular weight is 236 g/mol. The standard InChI is InChI=1S/C15H12N2O/c1-11-7-8-14(18-11)15(13(9-16)10-17)12-5-3-2-4-6-12/h2-8,13,15H,1H3. The quantitative estimate of drug-likeness (QED) is 0.820. The van der Waals surface area contributed by atoms with Crippen LogP contribution in [-0.4, -0.2) is 0 Å². The summed E-state index contributed by atoms with van der Waals surface area (Å²) in [5.74, 6) is 0.347. The molecular formula is C15H12N2O. The lowest BCUT2D eigenvalue weighted by Gasteiger charge is -2.15. The third kappa shape index (κ3) is 2.26. The number of hydrogen-bond acceptors (Lipinski definition) is 3. The highest BCUT2D eigenvalue weighted by Gasteiger charge is 2.27. The van der Waals surface area contributed by atoms with E-state index >= 15 is 0 Å². The van der Waals surface area contributed by atoms with Crippen LogP contribution < -0.4 is 0 Å². The minimum Gasteiger partial charge on any atom is -0.466 e. The van der Waals surface area contributed by atoms with Crippen molar-refractivity contribution in [3.05, 3.63) is 59.5 Å². The number of nitriles is 2. The van der Waals surface area contributed by atoms with Crippen LogP contribution in [0, 0.1) is 35.5 Å². The van der Waals surface area contributed by atoms with Crippen molar-refractivity contribution >= 4 is 0 Å². The average Bonchev–Trinajstić information content (AvgIpc) is 2.83. The van der Waals surface area contributed by atoms with Crippen LogP contribution in [-0.2, 0) is 0 Å². The van der Waals surface area contributed by atoms with Crippen molar-refractivity contribution in [1.29, 1.82) is 10.5 Å². The Balaban J connectivity index is 2.49. The summed E-state index contributed by atoms with van der Waals surface area (Å²) in [7, 11) is 0. The van der Waals surface area contributed by atoms with Crippen molar-refractivity contribution in [2.45, 2.75) is 12.8 Å². The van der Waals surface area contributed by atoms with E-state index in [0.29, 0.717) is 5.76 Å². The van der Waals surface area contributed by atoms with Crippen molar-refractivity contribution in [3.63, 3.8) is 0 Å². The molecule has 1 aromatic heterocycles. The van der Waals surface area contributed by atoms with Gasteiger partial charge in [0.05, 0.1) is 18.1 Å². The summed E-state index contributed by atoms with van der Waals surface area (Å²) in [6.07, 6.45) is 0. The molecule has 18 heavy (non-hydrogen) atoms. The summed E-state index contributed by atoms with van der Waals surface area (Å²) in [5.41, 5.74) is 0.917. The van der Waals surface area contributed by atoms with E-state index < -0.39 is 5.92 Å². The van der Waals surface area contributed by atoms with Crippen LogP contribution in [0.2, 0.25) is 0 Å². The second-order valence-electron chi connectivity index (χ2n) is 4.07. The summed E-state index contributed by atoms with van der Waals surface area (Å²) < 4.78 is 5.58. The molecule has 2 rings (SSSR count). The first kappa shape index (κ1) is 12.0. The molecule has 0 aliphatic heterocycles. The van der Waals surface area contributed by atoms with Crippen molar-refractivity contribution in [2.24, 2.45) is 5.92 Å². The van der Waals surface area contributed by atoms with Gasteiger partial charge in [-0.25, -0.2) is 0 Å². The topological polar surface area (TPSA) is 60.7 Å². The molecule has 0 aliphatic rings. The molecular weight excluding hydrogens is 224 g/mol. The fraction of sp³-hybridized carbons (Fsp3) is 0.200. The van der Waals surface area contributed by atoms with Gasteiger partial charge >= 0.3 is 0 Å². The second kappa shape index (κ2) is 5.21. The molecule has 1 unspecified atom stereocenters. The molecule has 3 heteroatoms. The summed E-state index contributed by atoms with van der Waals surface area (Å²) in [6, 6.07) is 17.3. The Labute approximate surface area is 106 Å². The third-order valence-electron chi connectivity index (χ3n) is 2.84. The van der Waals surface area contributed by atoms with E-state index in [2.05, 4.69) is 0 Å². The van der Waals surface area contributed by atoms with Gasteiger partial charge in [-0.15, -0.1) is 0 Å². The Hall–Kier alpha value is -2.52. The molecule has 2 aromatic rings. The lowest BCUT2D eigenvalue weighted by molar-refractivity contribution is 0.448. The predicted octanol–water partition coefficient (Wildman–Crippen LogP) is 3.38. The predicted molar refractivity (Wildman–Crippen MR) is 66.4 cm³/mol. The number of nitrogens with zero attached hydrogens (tertiary/aromatic N) is 2. The maximum atomic E-state index is 9.11. The zero-order valence-electron chi connectivity index (χ0n) is 10.00. The highest BCUT2D eigenvalue weighted by Crippen LogP contribution is 2.32. The van der Waals surface area contributed by atoms with Crippen molar-refractivity contribution in [1.82, 2.24) is 0 Å². The molecule has 1 atom stereocenters. The molecule has 0 N–H and O–H groups in total. The van der Waals surface area contributed by atoms with Gasteiger partial charge in [-0.3, -0.25) is 0 Å². The highest BCUT2D eigenvalue weighted by molar-refractivity contribution is 5.33. The van der Waals surface area contributed by atoms with Gasteiger partial charge < -0.3 is 4.42 Å². The van der Waals surface area contributed by atoms with Crippen molar-refractivity contribution in [3.8, 4) is 12.1 Å². The van der Waals surface area contributed by atoms with Crippen LogP contribution >= 0.6 is 0 Å². The van der Waals surface area contributed by atoms with E-state index in [0.717, 1.165) is 11.3 Å². The summed E-state index contributed by atoms with van der Waals surface area (Å²) in [4.78, 5) is 0. The van der Waals surface area contributed by atoms with Gasteiger partial charge in [0.25, 0.3) is 0 Å². The maximum absolute atomic E-state index is 9.11. The normalized spacial score (nSPS) is 11.8. The van der Waals surface area contributed by atoms with E-state index in [1.54, 1.807) is 0 Å². The molecule has 0 saturated heterocycles. The lowest BCUT2D eigenvalue weighted by Crippen LogP contribution is -2.10. The fourth-order valence-electron chi connectivity index (χ4n) is 1.98. The van der Waals surface area contributed by atoms with Crippen LogP contribution in [0.5, 0.6) is 0 Å². The minimum atomic E-state index is -0.752. The Kier molecular flexibility index (Phi) is 3.46. The van der Waals surface area contributed by atoms with Crippen LogP contribution in [0.15, 0.2) is 46.9 Å². The van der Waals surface area contributed by atoms with E-state index in [9.17, 15) is 0 Å². The van der Waals surface area contributed by atoms with Crippen LogP contribution in [0.1, 0.15) is 23.0 Å². The molecule has 0 saturated carbocycles. The highest BCUT2D eigenvalue weighted by atomic mass is 16.3. The van der Waals surface area contributed by atoms with Gasteiger partial charge in [-0.05, 0) is 24.6 Å². The summed E-state index contributed by atoms with van der Waals surface area (Å²) in [6.45, 7) is 1.85. The Morgan fingerprint density at radius 1 is 1.00 bits per heavy atom. The Morgan fingerprint density at radius 3 is 2.17 bits per heavy atom. The number of hydrogen-bond donors (Lipinski definition) is 0. The minimum absolute atomic E-state index is 0.338. The molecule has 0 radical (unpaired) electrons. The first-order valence-electron chi connectivity index (χ1n) is 5.66. The number of rotatable bonds is 3. The number of furan rings is 1. The van der Waals surface area contributed by atoms with E-state index in [1.807, 2.05) is 61.5 Å². The van der Waals surface area contributed by atoms with Gasteiger partial charge in [-0.1, -0.05) is 30.3 Å². The monoisotopic (exact) mass is 236 g/mol. The molecule has 0 bridgehead atoms. The Bertz CT molecular complexity index is 587.